The van der Waals surface area contributed by atoms with E-state index in [4.69, 9.17) is 4.74 Å². The van der Waals surface area contributed by atoms with Gasteiger partial charge in [0.15, 0.2) is 0 Å². The highest BCUT2D eigenvalue weighted by atomic mass is 16.5. The van der Waals surface area contributed by atoms with Gasteiger partial charge in [-0.05, 0) is 24.8 Å². The van der Waals surface area contributed by atoms with Crippen molar-refractivity contribution in [3.05, 3.63) is 48.5 Å². The van der Waals surface area contributed by atoms with Gasteiger partial charge in [-0.25, -0.2) is 4.98 Å². The van der Waals surface area contributed by atoms with Crippen molar-refractivity contribution in [2.24, 2.45) is 5.92 Å². The lowest BCUT2D eigenvalue weighted by Crippen LogP contribution is -2.37. The van der Waals surface area contributed by atoms with Crippen molar-refractivity contribution < 1.29 is 9.53 Å². The zero-order valence-electron chi connectivity index (χ0n) is 13.1. The Bertz CT molecular complexity index is 594. The van der Waals surface area contributed by atoms with E-state index >= 15 is 0 Å². The molecule has 6 heteroatoms. The molecule has 1 aliphatic rings. The van der Waals surface area contributed by atoms with Crippen LogP contribution in [0.5, 0.6) is 0 Å². The van der Waals surface area contributed by atoms with E-state index in [0.717, 1.165) is 24.8 Å². The largest absolute Gasteiger partial charge is 0.381 e. The van der Waals surface area contributed by atoms with Gasteiger partial charge in [0.1, 0.15) is 12.7 Å². The first kappa shape index (κ1) is 15.7. The lowest BCUT2D eigenvalue weighted by molar-refractivity contribution is -0.128. The predicted molar refractivity (Wildman–Crippen MR) is 85.5 cm³/mol. The van der Waals surface area contributed by atoms with Gasteiger partial charge in [0.2, 0.25) is 5.91 Å². The molecule has 0 unspecified atom stereocenters. The number of hydrogen-bond donors (Lipinski definition) is 1. The molecule has 1 fully saturated rings. The number of nitrogens with one attached hydrogen (secondary N) is 1. The van der Waals surface area contributed by atoms with Gasteiger partial charge >= 0.3 is 0 Å². The molecule has 1 atom stereocenters. The van der Waals surface area contributed by atoms with Crippen molar-refractivity contribution in [1.29, 1.82) is 0 Å². The van der Waals surface area contributed by atoms with Gasteiger partial charge < -0.3 is 10.1 Å². The summed E-state index contributed by atoms with van der Waals surface area (Å²) in [4.78, 5) is 16.5. The summed E-state index contributed by atoms with van der Waals surface area (Å²) in [6.07, 6.45) is 5.61. The number of aryl methyl sites for hydroxylation is 1. The Labute approximate surface area is 135 Å². The molecule has 6 nitrogen and oxygen atoms in total. The summed E-state index contributed by atoms with van der Waals surface area (Å²) in [6, 6.07) is 10.1. The number of carbonyl (C=O) groups is 1. The van der Waals surface area contributed by atoms with Crippen molar-refractivity contribution in [1.82, 2.24) is 20.1 Å². The van der Waals surface area contributed by atoms with Crippen LogP contribution in [0.15, 0.2) is 43.0 Å². The number of hydrogen-bond acceptors (Lipinski definition) is 4. The first-order valence-electron chi connectivity index (χ1n) is 8.08. The second-order valence-electron chi connectivity index (χ2n) is 5.81. The van der Waals surface area contributed by atoms with Crippen LogP contribution in [0.25, 0.3) is 0 Å². The van der Waals surface area contributed by atoms with Crippen molar-refractivity contribution in [3.8, 4) is 0 Å². The molecule has 23 heavy (non-hydrogen) atoms. The van der Waals surface area contributed by atoms with Crippen LogP contribution in [-0.4, -0.2) is 33.9 Å². The van der Waals surface area contributed by atoms with Crippen LogP contribution < -0.4 is 5.32 Å². The van der Waals surface area contributed by atoms with E-state index in [1.807, 2.05) is 18.2 Å². The molecule has 0 saturated carbocycles. The van der Waals surface area contributed by atoms with Crippen LogP contribution in [0.1, 0.15) is 30.9 Å². The van der Waals surface area contributed by atoms with Crippen LogP contribution in [-0.2, 0) is 16.1 Å². The van der Waals surface area contributed by atoms with Gasteiger partial charge in [0.25, 0.3) is 0 Å². The Kier molecular flexibility index (Phi) is 5.37. The van der Waals surface area contributed by atoms with E-state index in [1.54, 1.807) is 11.0 Å². The molecule has 1 aromatic carbocycles. The topological polar surface area (TPSA) is 69.0 Å². The molecule has 3 rings (SSSR count). The highest BCUT2D eigenvalue weighted by molar-refractivity contribution is 5.79. The van der Waals surface area contributed by atoms with E-state index in [1.165, 1.54) is 6.33 Å². The summed E-state index contributed by atoms with van der Waals surface area (Å²) >= 11 is 0. The molecule has 2 aromatic rings. The maximum Gasteiger partial charge on any atom is 0.223 e. The smallest absolute Gasteiger partial charge is 0.223 e. The molecule has 0 spiro atoms. The summed E-state index contributed by atoms with van der Waals surface area (Å²) < 4.78 is 7.13. The Hall–Kier alpha value is -2.21. The zero-order valence-corrected chi connectivity index (χ0v) is 13.1. The van der Waals surface area contributed by atoms with Crippen molar-refractivity contribution in [3.63, 3.8) is 0 Å². The number of carbonyl (C=O) groups excluding carboxylic acids is 1. The highest BCUT2D eigenvalue weighted by Crippen LogP contribution is 2.21. The highest BCUT2D eigenvalue weighted by Gasteiger charge is 2.24. The van der Waals surface area contributed by atoms with Gasteiger partial charge in [0.05, 0.1) is 6.04 Å². The number of rotatable bonds is 6. The second kappa shape index (κ2) is 7.87. The molecule has 1 amide bonds. The third-order valence-corrected chi connectivity index (χ3v) is 4.22. The normalized spacial score (nSPS) is 16.9. The summed E-state index contributed by atoms with van der Waals surface area (Å²) in [5.74, 6) is 0.182. The van der Waals surface area contributed by atoms with Crippen LogP contribution >= 0.6 is 0 Å². The minimum atomic E-state index is -0.0178. The van der Waals surface area contributed by atoms with Crippen molar-refractivity contribution in [2.45, 2.75) is 31.8 Å². The van der Waals surface area contributed by atoms with Gasteiger partial charge in [-0.2, -0.15) is 5.10 Å². The Balaban J connectivity index is 1.65. The SMILES string of the molecule is O=C(N[C@H](CCn1cncn1)c1ccccc1)C1CCOCC1. The van der Waals surface area contributed by atoms with E-state index in [9.17, 15) is 4.79 Å². The van der Waals surface area contributed by atoms with Crippen molar-refractivity contribution in [2.75, 3.05) is 13.2 Å². The summed E-state index contributed by atoms with van der Waals surface area (Å²) in [5.41, 5.74) is 1.12. The number of benzene rings is 1. The van der Waals surface area contributed by atoms with Crippen LogP contribution in [0.2, 0.25) is 0 Å². The fourth-order valence-corrected chi connectivity index (χ4v) is 2.87. The fraction of sp³-hybridized carbons (Fsp3) is 0.471. The lowest BCUT2D eigenvalue weighted by atomic mass is 9.97. The molecule has 0 aliphatic carbocycles. The summed E-state index contributed by atoms with van der Waals surface area (Å²) in [7, 11) is 0. The first-order valence-corrected chi connectivity index (χ1v) is 8.08. The molecular formula is C17H22N4O2. The maximum absolute atomic E-state index is 12.5. The van der Waals surface area contributed by atoms with E-state index in [0.29, 0.717) is 19.8 Å². The van der Waals surface area contributed by atoms with Crippen LogP contribution in [0, 0.1) is 5.92 Å². The fourth-order valence-electron chi connectivity index (χ4n) is 2.87. The summed E-state index contributed by atoms with van der Waals surface area (Å²) in [6.45, 7) is 2.06. The van der Waals surface area contributed by atoms with E-state index in [-0.39, 0.29) is 17.9 Å². The Morgan fingerprint density at radius 2 is 2.09 bits per heavy atom. The molecule has 122 valence electrons. The maximum atomic E-state index is 12.5. The lowest BCUT2D eigenvalue weighted by Gasteiger charge is -2.25. The van der Waals surface area contributed by atoms with E-state index in [2.05, 4.69) is 27.5 Å². The van der Waals surface area contributed by atoms with Crippen LogP contribution in [0.3, 0.4) is 0 Å². The Morgan fingerprint density at radius 3 is 2.78 bits per heavy atom. The van der Waals surface area contributed by atoms with Gasteiger partial charge in [-0.15, -0.1) is 0 Å². The summed E-state index contributed by atoms with van der Waals surface area (Å²) in [5, 5.41) is 7.34. The minimum Gasteiger partial charge on any atom is -0.381 e. The number of ether oxygens (including phenoxy) is 1. The third-order valence-electron chi connectivity index (χ3n) is 4.22. The third kappa shape index (κ3) is 4.39. The molecule has 1 aromatic heterocycles. The minimum absolute atomic E-state index is 0.0178. The van der Waals surface area contributed by atoms with Gasteiger partial charge in [-0.1, -0.05) is 30.3 Å². The standard InChI is InChI=1S/C17H22N4O2/c22-17(15-7-10-23-11-8-15)20-16(14-4-2-1-3-5-14)6-9-21-13-18-12-19-21/h1-5,12-13,15-16H,6-11H2,(H,20,22)/t16-/m1/s1. The van der Waals surface area contributed by atoms with Gasteiger partial charge in [0, 0.05) is 25.7 Å². The number of aromatic nitrogens is 3. The first-order chi connectivity index (χ1) is 11.3. The Morgan fingerprint density at radius 1 is 1.30 bits per heavy atom. The number of nitrogens with zero attached hydrogens (tertiary/aromatic N) is 3. The quantitative estimate of drug-likeness (QED) is 0.885. The predicted octanol–water partition coefficient (Wildman–Crippen LogP) is 1.95. The molecule has 1 saturated heterocycles. The second-order valence-corrected chi connectivity index (χ2v) is 5.81. The molecule has 0 bridgehead atoms. The average Bonchev–Trinajstić information content (AvgIpc) is 3.13. The average molecular weight is 314 g/mol. The molecule has 1 N–H and O–H groups in total. The van der Waals surface area contributed by atoms with Gasteiger partial charge in [-0.3, -0.25) is 9.48 Å². The van der Waals surface area contributed by atoms with Crippen LogP contribution in [0.4, 0.5) is 0 Å². The van der Waals surface area contributed by atoms with Crippen molar-refractivity contribution >= 4 is 5.91 Å². The molecule has 1 aliphatic heterocycles. The molecule has 2 heterocycles. The van der Waals surface area contributed by atoms with E-state index < -0.39 is 0 Å². The molecule has 0 radical (unpaired) electrons. The monoisotopic (exact) mass is 314 g/mol. The zero-order chi connectivity index (χ0) is 15.9. The molecular weight excluding hydrogens is 292 g/mol. The number of amides is 1.